The van der Waals surface area contributed by atoms with Gasteiger partial charge in [0.25, 0.3) is 0 Å². The molecule has 0 aromatic carbocycles. The van der Waals surface area contributed by atoms with Gasteiger partial charge in [0.05, 0.1) is 13.2 Å². The molecule has 76 heavy (non-hydrogen) atoms. The molecule has 2 unspecified atom stereocenters. The van der Waals surface area contributed by atoms with Gasteiger partial charge < -0.3 is 20.1 Å². The third-order valence-electron chi connectivity index (χ3n) is 15.1. The molecule has 0 bridgehead atoms. The lowest BCUT2D eigenvalue weighted by Gasteiger charge is -2.19. The van der Waals surface area contributed by atoms with Crippen LogP contribution in [0.4, 0.5) is 0 Å². The largest absolute Gasteiger partial charge is 0.472 e. The molecule has 0 aliphatic heterocycles. The SMILES string of the molecule is CCCCCCC/C=C\C/C=C\CCCCCCCCCCCCCCCCCC(=O)OC(COC(=O)CCCCCCCCCCCCCCCCCCCCCCCCCCCCCC)COP(=O)(O)OCCN. The predicted molar refractivity (Wildman–Crippen MR) is 326 cm³/mol. The molecule has 0 radical (unpaired) electrons. The van der Waals surface area contributed by atoms with E-state index < -0.39 is 26.5 Å². The molecule has 0 spiro atoms. The molecule has 450 valence electrons. The van der Waals surface area contributed by atoms with Gasteiger partial charge in [0, 0.05) is 19.4 Å². The van der Waals surface area contributed by atoms with Gasteiger partial charge in [-0.2, -0.15) is 0 Å². The number of ether oxygens (including phenoxy) is 2. The summed E-state index contributed by atoms with van der Waals surface area (Å²) in [6.07, 6.45) is 75.5. The van der Waals surface area contributed by atoms with E-state index in [0.717, 1.165) is 38.5 Å². The topological polar surface area (TPSA) is 134 Å². The van der Waals surface area contributed by atoms with Gasteiger partial charge in [-0.15, -0.1) is 0 Å². The van der Waals surface area contributed by atoms with Crippen LogP contribution in [-0.4, -0.2) is 49.3 Å². The smallest absolute Gasteiger partial charge is 0.462 e. The number of phosphoric acid groups is 1. The van der Waals surface area contributed by atoms with Crippen molar-refractivity contribution in [2.24, 2.45) is 5.73 Å². The van der Waals surface area contributed by atoms with Crippen molar-refractivity contribution in [3.05, 3.63) is 24.3 Å². The molecule has 0 aliphatic rings. The second-order valence-electron chi connectivity index (χ2n) is 22.7. The Balaban J connectivity index is 3.85. The first-order chi connectivity index (χ1) is 37.3. The summed E-state index contributed by atoms with van der Waals surface area (Å²) in [5.74, 6) is -0.805. The minimum Gasteiger partial charge on any atom is -0.462 e. The van der Waals surface area contributed by atoms with Crippen LogP contribution in [0.1, 0.15) is 354 Å². The van der Waals surface area contributed by atoms with Gasteiger partial charge in [-0.25, -0.2) is 4.57 Å². The average molecular weight is 1090 g/mol. The Labute approximate surface area is 472 Å². The van der Waals surface area contributed by atoms with E-state index >= 15 is 0 Å². The molecule has 0 aliphatic carbocycles. The summed E-state index contributed by atoms with van der Waals surface area (Å²) in [7, 11) is -4.39. The van der Waals surface area contributed by atoms with Gasteiger partial charge in [0.2, 0.25) is 0 Å². The number of hydrogen-bond acceptors (Lipinski definition) is 8. The molecule has 0 aromatic rings. The van der Waals surface area contributed by atoms with Crippen molar-refractivity contribution in [1.29, 1.82) is 0 Å². The monoisotopic (exact) mass is 1090 g/mol. The second-order valence-corrected chi connectivity index (χ2v) is 24.2. The fourth-order valence-corrected chi connectivity index (χ4v) is 10.9. The van der Waals surface area contributed by atoms with Crippen LogP contribution in [0.2, 0.25) is 0 Å². The number of esters is 2. The summed E-state index contributed by atoms with van der Waals surface area (Å²) < 4.78 is 33.2. The van der Waals surface area contributed by atoms with Crippen molar-refractivity contribution in [3.8, 4) is 0 Å². The van der Waals surface area contributed by atoms with Crippen LogP contribution < -0.4 is 5.73 Å². The highest BCUT2D eigenvalue weighted by atomic mass is 31.2. The molecule has 0 rings (SSSR count). The Morgan fingerprint density at radius 1 is 0.395 bits per heavy atom. The van der Waals surface area contributed by atoms with Crippen molar-refractivity contribution in [2.45, 2.75) is 360 Å². The summed E-state index contributed by atoms with van der Waals surface area (Å²) in [5.41, 5.74) is 5.40. The second kappa shape index (κ2) is 62.7. The zero-order valence-electron chi connectivity index (χ0n) is 50.5. The van der Waals surface area contributed by atoms with Gasteiger partial charge in [0.1, 0.15) is 6.61 Å². The molecule has 10 heteroatoms. The van der Waals surface area contributed by atoms with Gasteiger partial charge in [-0.3, -0.25) is 18.6 Å². The summed E-state index contributed by atoms with van der Waals surface area (Å²) in [5, 5.41) is 0. The van der Waals surface area contributed by atoms with Crippen molar-refractivity contribution < 1.29 is 37.6 Å². The molecular formula is C66H128NO8P. The van der Waals surface area contributed by atoms with Crippen LogP contribution in [0, 0.1) is 0 Å². The van der Waals surface area contributed by atoms with Gasteiger partial charge in [-0.05, 0) is 44.9 Å². The molecule has 0 saturated heterocycles. The van der Waals surface area contributed by atoms with Crippen LogP contribution in [0.3, 0.4) is 0 Å². The van der Waals surface area contributed by atoms with Crippen molar-refractivity contribution in [1.82, 2.24) is 0 Å². The summed E-state index contributed by atoms with van der Waals surface area (Å²) in [6.45, 7) is 3.81. The zero-order valence-corrected chi connectivity index (χ0v) is 51.4. The number of carbonyl (C=O) groups excluding carboxylic acids is 2. The molecule has 0 amide bonds. The van der Waals surface area contributed by atoms with Gasteiger partial charge in [0.15, 0.2) is 6.10 Å². The number of phosphoric ester groups is 1. The minimum absolute atomic E-state index is 0.0564. The number of unbranched alkanes of at least 4 members (excludes halogenated alkanes) is 47. The Morgan fingerprint density at radius 2 is 0.684 bits per heavy atom. The maximum Gasteiger partial charge on any atom is 0.472 e. The molecule has 0 saturated carbocycles. The maximum absolute atomic E-state index is 12.7. The number of carbonyl (C=O) groups is 2. The Kier molecular flexibility index (Phi) is 61.4. The summed E-state index contributed by atoms with van der Waals surface area (Å²) in [6, 6.07) is 0. The highest BCUT2D eigenvalue weighted by Gasteiger charge is 2.26. The number of allylic oxidation sites excluding steroid dienone is 4. The lowest BCUT2D eigenvalue weighted by molar-refractivity contribution is -0.161. The quantitative estimate of drug-likeness (QED) is 0.0264. The van der Waals surface area contributed by atoms with Crippen LogP contribution >= 0.6 is 7.82 Å². The van der Waals surface area contributed by atoms with E-state index in [1.54, 1.807) is 0 Å². The van der Waals surface area contributed by atoms with Gasteiger partial charge >= 0.3 is 19.8 Å². The molecule has 0 aromatic heterocycles. The highest BCUT2D eigenvalue weighted by Crippen LogP contribution is 2.43. The normalized spacial score (nSPS) is 13.1. The summed E-state index contributed by atoms with van der Waals surface area (Å²) in [4.78, 5) is 35.3. The molecule has 9 nitrogen and oxygen atoms in total. The van der Waals surface area contributed by atoms with Crippen LogP contribution in [0.5, 0.6) is 0 Å². The fraction of sp³-hybridized carbons (Fsp3) is 0.909. The van der Waals surface area contributed by atoms with Crippen molar-refractivity contribution >= 4 is 19.8 Å². The predicted octanol–water partition coefficient (Wildman–Crippen LogP) is 21.4. The maximum atomic E-state index is 12.7. The molecule has 0 fully saturated rings. The first kappa shape index (κ1) is 74.5. The molecular weight excluding hydrogens is 966 g/mol. The van der Waals surface area contributed by atoms with Crippen LogP contribution in [0.25, 0.3) is 0 Å². The van der Waals surface area contributed by atoms with E-state index in [9.17, 15) is 19.0 Å². The van der Waals surface area contributed by atoms with E-state index in [1.165, 1.54) is 283 Å². The van der Waals surface area contributed by atoms with E-state index in [1.807, 2.05) is 0 Å². The van der Waals surface area contributed by atoms with Crippen molar-refractivity contribution in [3.63, 3.8) is 0 Å². The summed E-state index contributed by atoms with van der Waals surface area (Å²) >= 11 is 0. The molecule has 3 N–H and O–H groups in total. The zero-order chi connectivity index (χ0) is 55.2. The van der Waals surface area contributed by atoms with Crippen LogP contribution in [0.15, 0.2) is 24.3 Å². The third-order valence-corrected chi connectivity index (χ3v) is 16.1. The van der Waals surface area contributed by atoms with E-state index in [-0.39, 0.29) is 38.6 Å². The van der Waals surface area contributed by atoms with E-state index in [2.05, 4.69) is 38.2 Å². The lowest BCUT2D eigenvalue weighted by Crippen LogP contribution is -2.29. The molecule has 2 atom stereocenters. The van der Waals surface area contributed by atoms with Gasteiger partial charge in [-0.1, -0.05) is 321 Å². The average Bonchev–Trinajstić information content (AvgIpc) is 3.41. The van der Waals surface area contributed by atoms with E-state index in [0.29, 0.717) is 6.42 Å². The van der Waals surface area contributed by atoms with E-state index in [4.69, 9.17) is 24.3 Å². The minimum atomic E-state index is -4.39. The number of nitrogens with two attached hydrogens (primary N) is 1. The number of rotatable bonds is 64. The third kappa shape index (κ3) is 61.7. The standard InChI is InChI=1S/C66H128NO8P/c1-3-5-7-9-11-13-15-17-19-21-23-25-27-29-31-33-34-36-38-40-42-44-46-48-50-52-54-56-58-65(68)72-62-64(63-74-76(70,71)73-61-60-67)75-66(69)59-57-55-53-51-49-47-45-43-41-39-37-35-32-30-28-26-24-22-20-18-16-14-12-10-8-6-4-2/h16,18,22,24,64H,3-15,17,19-21,23,25-63,67H2,1-2H3,(H,70,71)/b18-16-,24-22-. The fourth-order valence-electron chi connectivity index (χ4n) is 10.1. The Morgan fingerprint density at radius 3 is 1.00 bits per heavy atom. The first-order valence-corrected chi connectivity index (χ1v) is 34.8. The Hall–Kier alpha value is -1.51. The Bertz CT molecular complexity index is 1290. The van der Waals surface area contributed by atoms with Crippen LogP contribution in [-0.2, 0) is 32.7 Å². The highest BCUT2D eigenvalue weighted by molar-refractivity contribution is 7.47. The lowest BCUT2D eigenvalue weighted by atomic mass is 10.0. The first-order valence-electron chi connectivity index (χ1n) is 33.3. The molecule has 0 heterocycles. The van der Waals surface area contributed by atoms with Crippen molar-refractivity contribution in [2.75, 3.05) is 26.4 Å². The number of hydrogen-bond donors (Lipinski definition) is 2.